The third-order valence-electron chi connectivity index (χ3n) is 2.70. The van der Waals surface area contributed by atoms with Crippen LogP contribution in [0.5, 0.6) is 5.75 Å². The van der Waals surface area contributed by atoms with Crippen LogP contribution in [0.4, 0.5) is 0 Å². The quantitative estimate of drug-likeness (QED) is 0.720. The zero-order chi connectivity index (χ0) is 12.8. The van der Waals surface area contributed by atoms with E-state index in [-0.39, 0.29) is 0 Å². The molecule has 2 rings (SSSR count). The predicted molar refractivity (Wildman–Crippen MR) is 78.4 cm³/mol. The van der Waals surface area contributed by atoms with Gasteiger partial charge in [0.15, 0.2) is 0 Å². The highest BCUT2D eigenvalue weighted by atomic mass is 32.2. The van der Waals surface area contributed by atoms with Crippen molar-refractivity contribution < 1.29 is 4.74 Å². The molecule has 0 amide bonds. The van der Waals surface area contributed by atoms with Crippen LogP contribution in [-0.2, 0) is 6.61 Å². The van der Waals surface area contributed by atoms with Gasteiger partial charge in [-0.25, -0.2) is 0 Å². The molecule has 0 spiro atoms. The zero-order valence-corrected chi connectivity index (χ0v) is 11.7. The van der Waals surface area contributed by atoms with E-state index >= 15 is 0 Å². The van der Waals surface area contributed by atoms with Crippen LogP contribution in [0, 0.1) is 6.92 Å². The highest BCUT2D eigenvalue weighted by Crippen LogP contribution is 2.32. The molecule has 0 bridgehead atoms. The van der Waals surface area contributed by atoms with E-state index in [1.165, 1.54) is 16.0 Å². The number of para-hydroxylation sites is 1. The summed E-state index contributed by atoms with van der Waals surface area (Å²) in [4.78, 5) is 1.23. The van der Waals surface area contributed by atoms with Crippen LogP contribution in [0.1, 0.15) is 18.1 Å². The lowest BCUT2D eigenvalue weighted by Crippen LogP contribution is -1.98. The topological polar surface area (TPSA) is 9.23 Å². The lowest BCUT2D eigenvalue weighted by Gasteiger charge is -2.13. The van der Waals surface area contributed by atoms with Gasteiger partial charge in [0.05, 0.1) is 0 Å². The van der Waals surface area contributed by atoms with Gasteiger partial charge in [-0.15, -0.1) is 11.8 Å². The Morgan fingerprint density at radius 1 is 1.00 bits per heavy atom. The highest BCUT2D eigenvalue weighted by molar-refractivity contribution is 7.99. The van der Waals surface area contributed by atoms with E-state index in [1.807, 2.05) is 30.0 Å². The molecule has 0 saturated carbocycles. The molecule has 0 atom stereocenters. The summed E-state index contributed by atoms with van der Waals surface area (Å²) in [6.07, 6.45) is 0. The molecule has 2 aromatic carbocycles. The molecule has 0 aromatic heterocycles. The SMILES string of the molecule is CCSc1cccc(C)c1OCc1ccccc1. The van der Waals surface area contributed by atoms with E-state index in [2.05, 4.69) is 44.2 Å². The number of rotatable bonds is 5. The highest BCUT2D eigenvalue weighted by Gasteiger charge is 2.06. The van der Waals surface area contributed by atoms with Gasteiger partial charge in [0.1, 0.15) is 12.4 Å². The number of hydrogen-bond donors (Lipinski definition) is 0. The Kier molecular flexibility index (Phi) is 4.71. The van der Waals surface area contributed by atoms with Gasteiger partial charge in [0.2, 0.25) is 0 Å². The fourth-order valence-electron chi connectivity index (χ4n) is 1.81. The van der Waals surface area contributed by atoms with Crippen molar-refractivity contribution in [3.63, 3.8) is 0 Å². The maximum atomic E-state index is 5.99. The summed E-state index contributed by atoms with van der Waals surface area (Å²) in [7, 11) is 0. The number of thioether (sulfide) groups is 1. The first-order valence-corrected chi connectivity index (χ1v) is 7.19. The van der Waals surface area contributed by atoms with Crippen LogP contribution in [0.2, 0.25) is 0 Å². The number of aryl methyl sites for hydroxylation is 1. The summed E-state index contributed by atoms with van der Waals surface area (Å²) in [6, 6.07) is 16.6. The van der Waals surface area contributed by atoms with E-state index in [0.29, 0.717) is 6.61 Å². The van der Waals surface area contributed by atoms with Crippen molar-refractivity contribution in [1.82, 2.24) is 0 Å². The third kappa shape index (κ3) is 3.30. The van der Waals surface area contributed by atoms with Crippen LogP contribution >= 0.6 is 11.8 Å². The molecule has 0 aliphatic rings. The largest absolute Gasteiger partial charge is 0.487 e. The van der Waals surface area contributed by atoms with Crippen LogP contribution < -0.4 is 4.74 Å². The normalized spacial score (nSPS) is 10.3. The molecule has 2 aromatic rings. The van der Waals surface area contributed by atoms with E-state index in [1.54, 1.807) is 0 Å². The Morgan fingerprint density at radius 3 is 2.50 bits per heavy atom. The second-order valence-corrected chi connectivity index (χ2v) is 5.42. The van der Waals surface area contributed by atoms with E-state index in [9.17, 15) is 0 Å². The minimum atomic E-state index is 0.628. The molecule has 0 N–H and O–H groups in total. The summed E-state index contributed by atoms with van der Waals surface area (Å²) >= 11 is 1.83. The molecule has 0 unspecified atom stereocenters. The van der Waals surface area contributed by atoms with Crippen LogP contribution in [0.3, 0.4) is 0 Å². The van der Waals surface area contributed by atoms with Gasteiger partial charge < -0.3 is 4.74 Å². The van der Waals surface area contributed by atoms with E-state index in [0.717, 1.165) is 11.5 Å². The minimum Gasteiger partial charge on any atom is -0.487 e. The van der Waals surface area contributed by atoms with Crippen molar-refractivity contribution in [3.8, 4) is 5.75 Å². The molecule has 2 heteroatoms. The average Bonchev–Trinajstić information content (AvgIpc) is 2.40. The van der Waals surface area contributed by atoms with Gasteiger partial charge in [-0.2, -0.15) is 0 Å². The molecular weight excluding hydrogens is 240 g/mol. The number of ether oxygens (including phenoxy) is 1. The minimum absolute atomic E-state index is 0.628. The van der Waals surface area contributed by atoms with Gasteiger partial charge in [-0.3, -0.25) is 0 Å². The average molecular weight is 258 g/mol. The molecule has 0 heterocycles. The first-order valence-electron chi connectivity index (χ1n) is 6.20. The standard InChI is InChI=1S/C16H18OS/c1-3-18-15-11-7-8-13(2)16(15)17-12-14-9-5-4-6-10-14/h4-11H,3,12H2,1-2H3. The molecule has 0 aliphatic carbocycles. The van der Waals surface area contributed by atoms with Crippen molar-refractivity contribution >= 4 is 11.8 Å². The lowest BCUT2D eigenvalue weighted by molar-refractivity contribution is 0.296. The summed E-state index contributed by atoms with van der Waals surface area (Å²) in [5.41, 5.74) is 2.40. The van der Waals surface area contributed by atoms with Crippen molar-refractivity contribution in [1.29, 1.82) is 0 Å². The van der Waals surface area contributed by atoms with Gasteiger partial charge in [-0.05, 0) is 29.9 Å². The van der Waals surface area contributed by atoms with Crippen molar-refractivity contribution in [2.45, 2.75) is 25.3 Å². The van der Waals surface area contributed by atoms with Crippen molar-refractivity contribution in [2.75, 3.05) is 5.75 Å². The Balaban J connectivity index is 2.13. The summed E-state index contributed by atoms with van der Waals surface area (Å²) in [5, 5.41) is 0. The Morgan fingerprint density at radius 2 is 1.78 bits per heavy atom. The third-order valence-corrected chi connectivity index (χ3v) is 3.62. The number of benzene rings is 2. The molecule has 0 radical (unpaired) electrons. The number of hydrogen-bond acceptors (Lipinski definition) is 2. The monoisotopic (exact) mass is 258 g/mol. The zero-order valence-electron chi connectivity index (χ0n) is 10.8. The Labute approximate surface area is 113 Å². The summed E-state index contributed by atoms with van der Waals surface area (Å²) in [6.45, 7) is 4.89. The van der Waals surface area contributed by atoms with Gasteiger partial charge in [0.25, 0.3) is 0 Å². The summed E-state index contributed by atoms with van der Waals surface area (Å²) in [5.74, 6) is 2.08. The van der Waals surface area contributed by atoms with Crippen LogP contribution in [0.25, 0.3) is 0 Å². The Hall–Kier alpha value is -1.41. The van der Waals surface area contributed by atoms with Crippen molar-refractivity contribution in [2.24, 2.45) is 0 Å². The second-order valence-electron chi connectivity index (χ2n) is 4.11. The predicted octanol–water partition coefficient (Wildman–Crippen LogP) is 4.69. The van der Waals surface area contributed by atoms with Crippen LogP contribution in [-0.4, -0.2) is 5.75 Å². The molecule has 1 nitrogen and oxygen atoms in total. The first-order chi connectivity index (χ1) is 8.81. The molecule has 18 heavy (non-hydrogen) atoms. The molecule has 94 valence electrons. The van der Waals surface area contributed by atoms with Gasteiger partial charge in [-0.1, -0.05) is 49.4 Å². The fourth-order valence-corrected chi connectivity index (χ4v) is 2.65. The molecule has 0 saturated heterocycles. The smallest absolute Gasteiger partial charge is 0.136 e. The van der Waals surface area contributed by atoms with Gasteiger partial charge in [0, 0.05) is 4.90 Å². The Bertz CT molecular complexity index is 494. The van der Waals surface area contributed by atoms with Gasteiger partial charge >= 0.3 is 0 Å². The maximum Gasteiger partial charge on any atom is 0.136 e. The summed E-state index contributed by atoms with van der Waals surface area (Å²) < 4.78 is 5.99. The first kappa shape index (κ1) is 13.0. The molecule has 0 fully saturated rings. The molecule has 0 aliphatic heterocycles. The second kappa shape index (κ2) is 6.50. The maximum absolute atomic E-state index is 5.99. The fraction of sp³-hybridized carbons (Fsp3) is 0.250. The lowest BCUT2D eigenvalue weighted by atomic mass is 10.2. The molecular formula is C16H18OS. The van der Waals surface area contributed by atoms with Crippen molar-refractivity contribution in [3.05, 3.63) is 59.7 Å². The van der Waals surface area contributed by atoms with E-state index in [4.69, 9.17) is 4.74 Å². The van der Waals surface area contributed by atoms with Crippen LogP contribution in [0.15, 0.2) is 53.4 Å². The van der Waals surface area contributed by atoms with E-state index < -0.39 is 0 Å².